The van der Waals surface area contributed by atoms with Crippen LogP contribution in [0.5, 0.6) is 0 Å². The zero-order chi connectivity index (χ0) is 10.8. The zero-order valence-electron chi connectivity index (χ0n) is 8.60. The van der Waals surface area contributed by atoms with Gasteiger partial charge < -0.3 is 9.67 Å². The Kier molecular flexibility index (Phi) is 2.46. The van der Waals surface area contributed by atoms with E-state index >= 15 is 0 Å². The molecule has 3 heteroatoms. The Morgan fingerprint density at radius 1 is 1.40 bits per heavy atom. The first-order valence-corrected chi connectivity index (χ1v) is 5.01. The minimum Gasteiger partial charge on any atom is -0.481 e. The summed E-state index contributed by atoms with van der Waals surface area (Å²) in [4.78, 5) is 10.7. The van der Waals surface area contributed by atoms with E-state index in [0.717, 1.165) is 23.0 Å². The molecule has 0 saturated heterocycles. The lowest BCUT2D eigenvalue weighted by Gasteiger charge is -2.03. The maximum absolute atomic E-state index is 10.7. The van der Waals surface area contributed by atoms with Gasteiger partial charge in [0.1, 0.15) is 0 Å². The van der Waals surface area contributed by atoms with E-state index in [1.807, 2.05) is 30.5 Å². The lowest BCUT2D eigenvalue weighted by atomic mass is 10.1. The van der Waals surface area contributed by atoms with Gasteiger partial charge in [0.2, 0.25) is 0 Å². The first kappa shape index (κ1) is 9.77. The van der Waals surface area contributed by atoms with Gasteiger partial charge in [0, 0.05) is 23.6 Å². The van der Waals surface area contributed by atoms with Crippen molar-refractivity contribution in [1.29, 1.82) is 0 Å². The average Bonchev–Trinajstić information content (AvgIpc) is 2.61. The van der Waals surface area contributed by atoms with Crippen molar-refractivity contribution in [1.82, 2.24) is 4.57 Å². The van der Waals surface area contributed by atoms with Crippen molar-refractivity contribution in [3.63, 3.8) is 0 Å². The number of aliphatic carboxylic acids is 1. The Labute approximate surface area is 87.9 Å². The van der Waals surface area contributed by atoms with Crippen LogP contribution in [0, 0.1) is 0 Å². The Hall–Kier alpha value is -1.77. The molecule has 2 rings (SSSR count). The summed E-state index contributed by atoms with van der Waals surface area (Å²) in [5.74, 6) is -0.785. The highest BCUT2D eigenvalue weighted by atomic mass is 16.4. The summed E-state index contributed by atoms with van der Waals surface area (Å²) < 4.78 is 2.11. The number of fused-ring (bicyclic) bond motifs is 1. The topological polar surface area (TPSA) is 42.2 Å². The minimum atomic E-state index is -0.785. The molecule has 0 radical (unpaired) electrons. The van der Waals surface area contributed by atoms with Crippen LogP contribution in [0.25, 0.3) is 10.9 Å². The molecule has 0 spiro atoms. The van der Waals surface area contributed by atoms with E-state index in [9.17, 15) is 4.79 Å². The third-order valence-corrected chi connectivity index (χ3v) is 2.59. The van der Waals surface area contributed by atoms with Gasteiger partial charge in [0.15, 0.2) is 0 Å². The van der Waals surface area contributed by atoms with Gasteiger partial charge >= 0.3 is 5.97 Å². The number of nitrogens with zero attached hydrogens (tertiary/aromatic N) is 1. The third-order valence-electron chi connectivity index (χ3n) is 2.59. The van der Waals surface area contributed by atoms with Gasteiger partial charge in [0.05, 0.1) is 6.42 Å². The standard InChI is InChI=1S/C12H13NO2/c1-2-13-7-6-10-9(8-12(14)15)4-3-5-11(10)13/h3-7H,2,8H2,1H3,(H,14,15). The van der Waals surface area contributed by atoms with Crippen LogP contribution in [0.15, 0.2) is 30.5 Å². The van der Waals surface area contributed by atoms with E-state index in [-0.39, 0.29) is 6.42 Å². The van der Waals surface area contributed by atoms with Gasteiger partial charge in [0.25, 0.3) is 0 Å². The molecule has 0 aliphatic heterocycles. The summed E-state index contributed by atoms with van der Waals surface area (Å²) in [5, 5.41) is 9.83. The van der Waals surface area contributed by atoms with Crippen LogP contribution in [-0.4, -0.2) is 15.6 Å². The van der Waals surface area contributed by atoms with Crippen LogP contribution in [0.2, 0.25) is 0 Å². The Morgan fingerprint density at radius 3 is 2.87 bits per heavy atom. The quantitative estimate of drug-likeness (QED) is 0.831. The highest BCUT2D eigenvalue weighted by Gasteiger charge is 2.07. The maximum Gasteiger partial charge on any atom is 0.307 e. The van der Waals surface area contributed by atoms with Crippen LogP contribution in [0.4, 0.5) is 0 Å². The number of carbonyl (C=O) groups is 1. The van der Waals surface area contributed by atoms with Crippen LogP contribution in [0.1, 0.15) is 12.5 Å². The van der Waals surface area contributed by atoms with Crippen LogP contribution >= 0.6 is 0 Å². The summed E-state index contributed by atoms with van der Waals surface area (Å²) in [7, 11) is 0. The number of carboxylic acids is 1. The molecule has 1 aromatic heterocycles. The zero-order valence-corrected chi connectivity index (χ0v) is 8.60. The van der Waals surface area contributed by atoms with Crippen molar-refractivity contribution in [3.05, 3.63) is 36.0 Å². The van der Waals surface area contributed by atoms with Gasteiger partial charge in [-0.3, -0.25) is 4.79 Å². The number of hydrogen-bond acceptors (Lipinski definition) is 1. The highest BCUT2D eigenvalue weighted by molar-refractivity contribution is 5.87. The van der Waals surface area contributed by atoms with Gasteiger partial charge in [-0.25, -0.2) is 0 Å². The Morgan fingerprint density at radius 2 is 2.20 bits per heavy atom. The lowest BCUT2D eigenvalue weighted by molar-refractivity contribution is -0.136. The molecular formula is C12H13NO2. The first-order valence-electron chi connectivity index (χ1n) is 5.01. The van der Waals surface area contributed by atoms with Gasteiger partial charge in [-0.1, -0.05) is 12.1 Å². The summed E-state index contributed by atoms with van der Waals surface area (Å²) in [5.41, 5.74) is 1.99. The van der Waals surface area contributed by atoms with E-state index in [4.69, 9.17) is 5.11 Å². The van der Waals surface area contributed by atoms with Gasteiger partial charge in [-0.05, 0) is 24.6 Å². The second kappa shape index (κ2) is 3.77. The monoisotopic (exact) mass is 203 g/mol. The molecule has 0 amide bonds. The van der Waals surface area contributed by atoms with E-state index in [1.165, 1.54) is 0 Å². The molecule has 1 aromatic carbocycles. The molecule has 0 fully saturated rings. The molecule has 1 heterocycles. The second-order valence-corrected chi connectivity index (χ2v) is 3.52. The predicted octanol–water partition coefficient (Wildman–Crippen LogP) is 2.29. The van der Waals surface area contributed by atoms with Crippen LogP contribution in [-0.2, 0) is 17.8 Å². The van der Waals surface area contributed by atoms with Crippen molar-refractivity contribution in [2.24, 2.45) is 0 Å². The molecule has 0 aliphatic carbocycles. The average molecular weight is 203 g/mol. The SMILES string of the molecule is CCn1ccc2c(CC(=O)O)cccc21. The number of carboxylic acid groups (broad SMARTS) is 1. The molecule has 0 saturated carbocycles. The van der Waals surface area contributed by atoms with Crippen LogP contribution < -0.4 is 0 Å². The minimum absolute atomic E-state index is 0.0884. The fraction of sp³-hybridized carbons (Fsp3) is 0.250. The van der Waals surface area contributed by atoms with Crippen molar-refractivity contribution < 1.29 is 9.90 Å². The predicted molar refractivity (Wildman–Crippen MR) is 59.0 cm³/mol. The molecule has 15 heavy (non-hydrogen) atoms. The first-order chi connectivity index (χ1) is 7.22. The number of hydrogen-bond donors (Lipinski definition) is 1. The molecule has 78 valence electrons. The van der Waals surface area contributed by atoms with Crippen molar-refractivity contribution in [2.75, 3.05) is 0 Å². The molecule has 3 nitrogen and oxygen atoms in total. The molecule has 1 N–H and O–H groups in total. The summed E-state index contributed by atoms with van der Waals surface area (Å²) in [6.07, 6.45) is 2.08. The van der Waals surface area contributed by atoms with E-state index in [0.29, 0.717) is 0 Å². The van der Waals surface area contributed by atoms with Crippen molar-refractivity contribution >= 4 is 16.9 Å². The van der Waals surface area contributed by atoms with Crippen molar-refractivity contribution in [3.8, 4) is 0 Å². The Balaban J connectivity index is 2.56. The summed E-state index contributed by atoms with van der Waals surface area (Å²) in [6.45, 7) is 2.98. The molecule has 2 aromatic rings. The van der Waals surface area contributed by atoms with Crippen LogP contribution in [0.3, 0.4) is 0 Å². The smallest absolute Gasteiger partial charge is 0.307 e. The number of benzene rings is 1. The largest absolute Gasteiger partial charge is 0.481 e. The molecule has 0 aliphatic rings. The second-order valence-electron chi connectivity index (χ2n) is 3.52. The fourth-order valence-electron chi connectivity index (χ4n) is 1.88. The summed E-state index contributed by atoms with van der Waals surface area (Å²) in [6, 6.07) is 7.78. The van der Waals surface area contributed by atoms with E-state index < -0.39 is 5.97 Å². The van der Waals surface area contributed by atoms with E-state index in [1.54, 1.807) is 0 Å². The number of aryl methyl sites for hydroxylation is 1. The molecule has 0 atom stereocenters. The van der Waals surface area contributed by atoms with E-state index in [2.05, 4.69) is 11.5 Å². The lowest BCUT2D eigenvalue weighted by Crippen LogP contribution is -2.00. The Bertz CT molecular complexity index is 499. The molecular weight excluding hydrogens is 190 g/mol. The summed E-state index contributed by atoms with van der Waals surface area (Å²) >= 11 is 0. The number of rotatable bonds is 3. The number of aromatic nitrogens is 1. The van der Waals surface area contributed by atoms with Gasteiger partial charge in [-0.15, -0.1) is 0 Å². The third kappa shape index (κ3) is 1.73. The normalized spacial score (nSPS) is 10.7. The fourth-order valence-corrected chi connectivity index (χ4v) is 1.88. The maximum atomic E-state index is 10.7. The molecule has 0 bridgehead atoms. The van der Waals surface area contributed by atoms with Crippen molar-refractivity contribution in [2.45, 2.75) is 19.9 Å². The highest BCUT2D eigenvalue weighted by Crippen LogP contribution is 2.20. The van der Waals surface area contributed by atoms with Gasteiger partial charge in [-0.2, -0.15) is 0 Å². The molecule has 0 unspecified atom stereocenters.